The van der Waals surface area contributed by atoms with Crippen LogP contribution in [0.1, 0.15) is 25.0 Å². The predicted molar refractivity (Wildman–Crippen MR) is 46.8 cm³/mol. The topological polar surface area (TPSA) is 23.5 Å². The maximum Gasteiger partial charge on any atom is 0.0659 e. The normalized spacial score (nSPS) is 20.9. The third kappa shape index (κ3) is 0.886. The van der Waals surface area contributed by atoms with Gasteiger partial charge in [0.1, 0.15) is 0 Å². The van der Waals surface area contributed by atoms with Gasteiger partial charge in [-0.05, 0) is 25.0 Å². The van der Waals surface area contributed by atoms with Crippen molar-refractivity contribution in [2.45, 2.75) is 25.9 Å². The highest BCUT2D eigenvalue weighted by Crippen LogP contribution is 2.36. The van der Waals surface area contributed by atoms with Crippen molar-refractivity contribution in [3.63, 3.8) is 0 Å². The Hall–Kier alpha value is -0.860. The highest BCUT2D eigenvalue weighted by molar-refractivity contribution is 5.36. The Bertz CT molecular complexity index is 306. The van der Waals surface area contributed by atoms with Crippen molar-refractivity contribution >= 4 is 0 Å². The number of fused-ring (bicyclic) bond motifs is 1. The summed E-state index contributed by atoms with van der Waals surface area (Å²) in [5.74, 6) is 0. The molecule has 1 aliphatic rings. The second-order valence-electron chi connectivity index (χ2n) is 3.77. The smallest absolute Gasteiger partial charge is 0.0659 e. The Labute approximate surface area is 72.4 Å². The van der Waals surface area contributed by atoms with Crippen molar-refractivity contribution in [1.82, 2.24) is 5.06 Å². The molecule has 0 atom stereocenters. The average molecular weight is 163 g/mol. The van der Waals surface area contributed by atoms with Gasteiger partial charge >= 0.3 is 0 Å². The summed E-state index contributed by atoms with van der Waals surface area (Å²) in [7, 11) is 0. The zero-order valence-electron chi connectivity index (χ0n) is 7.41. The number of hydroxylamine groups is 2. The van der Waals surface area contributed by atoms with E-state index in [-0.39, 0.29) is 5.54 Å². The maximum absolute atomic E-state index is 9.61. The molecule has 2 nitrogen and oxygen atoms in total. The highest BCUT2D eigenvalue weighted by Gasteiger charge is 2.35. The van der Waals surface area contributed by atoms with Gasteiger partial charge in [0.2, 0.25) is 0 Å². The van der Waals surface area contributed by atoms with Crippen molar-refractivity contribution < 1.29 is 5.21 Å². The zero-order chi connectivity index (χ0) is 8.77. The summed E-state index contributed by atoms with van der Waals surface area (Å²) in [6.07, 6.45) is 0. The molecular formula is C10H13NO. The minimum atomic E-state index is -0.226. The zero-order valence-corrected chi connectivity index (χ0v) is 7.41. The molecule has 0 radical (unpaired) electrons. The monoisotopic (exact) mass is 163 g/mol. The second kappa shape index (κ2) is 2.31. The molecule has 0 aromatic heterocycles. The van der Waals surface area contributed by atoms with E-state index in [1.807, 2.05) is 26.0 Å². The van der Waals surface area contributed by atoms with Crippen LogP contribution in [0, 0.1) is 0 Å². The first-order valence-electron chi connectivity index (χ1n) is 4.17. The fourth-order valence-electron chi connectivity index (χ4n) is 1.75. The summed E-state index contributed by atoms with van der Waals surface area (Å²) in [6, 6.07) is 8.16. The van der Waals surface area contributed by atoms with Crippen LogP contribution in [0.2, 0.25) is 0 Å². The van der Waals surface area contributed by atoms with E-state index in [2.05, 4.69) is 12.1 Å². The SMILES string of the molecule is CC1(C)c2ccccc2CN1O. The van der Waals surface area contributed by atoms with Crippen molar-refractivity contribution in [2.24, 2.45) is 0 Å². The fourth-order valence-corrected chi connectivity index (χ4v) is 1.75. The highest BCUT2D eigenvalue weighted by atomic mass is 16.5. The molecule has 2 rings (SSSR count). The first-order chi connectivity index (χ1) is 5.62. The summed E-state index contributed by atoms with van der Waals surface area (Å²) < 4.78 is 0. The van der Waals surface area contributed by atoms with E-state index in [9.17, 15) is 5.21 Å². The van der Waals surface area contributed by atoms with Crippen LogP contribution in [-0.4, -0.2) is 10.3 Å². The maximum atomic E-state index is 9.61. The molecule has 1 aromatic carbocycles. The first kappa shape index (κ1) is 7.77. The molecule has 0 fully saturated rings. The Morgan fingerprint density at radius 2 is 2.00 bits per heavy atom. The Balaban J connectivity index is 2.55. The van der Waals surface area contributed by atoms with Gasteiger partial charge < -0.3 is 5.21 Å². The summed E-state index contributed by atoms with van der Waals surface area (Å²) in [4.78, 5) is 0. The Morgan fingerprint density at radius 3 is 2.67 bits per heavy atom. The van der Waals surface area contributed by atoms with Crippen molar-refractivity contribution in [3.05, 3.63) is 35.4 Å². The van der Waals surface area contributed by atoms with Crippen molar-refractivity contribution in [1.29, 1.82) is 0 Å². The van der Waals surface area contributed by atoms with Crippen LogP contribution in [0.15, 0.2) is 24.3 Å². The minimum absolute atomic E-state index is 0.226. The van der Waals surface area contributed by atoms with Gasteiger partial charge in [-0.2, -0.15) is 5.06 Å². The molecule has 1 aromatic rings. The lowest BCUT2D eigenvalue weighted by Gasteiger charge is -2.26. The predicted octanol–water partition coefficient (Wildman–Crippen LogP) is 2.13. The number of hydrogen-bond acceptors (Lipinski definition) is 2. The quantitative estimate of drug-likeness (QED) is 0.633. The van der Waals surface area contributed by atoms with Crippen LogP contribution >= 0.6 is 0 Å². The van der Waals surface area contributed by atoms with Crippen LogP contribution in [0.4, 0.5) is 0 Å². The molecule has 1 aliphatic heterocycles. The van der Waals surface area contributed by atoms with Crippen molar-refractivity contribution in [3.8, 4) is 0 Å². The third-order valence-electron chi connectivity index (χ3n) is 2.64. The largest absolute Gasteiger partial charge is 0.313 e. The lowest BCUT2D eigenvalue weighted by atomic mass is 9.95. The van der Waals surface area contributed by atoms with Gasteiger partial charge in [-0.25, -0.2) is 0 Å². The Morgan fingerprint density at radius 1 is 1.33 bits per heavy atom. The molecule has 64 valence electrons. The molecule has 1 heterocycles. The average Bonchev–Trinajstić information content (AvgIpc) is 2.25. The first-order valence-corrected chi connectivity index (χ1v) is 4.17. The van der Waals surface area contributed by atoms with E-state index >= 15 is 0 Å². The molecular weight excluding hydrogens is 150 g/mol. The number of nitrogens with zero attached hydrogens (tertiary/aromatic N) is 1. The van der Waals surface area contributed by atoms with Gasteiger partial charge in [0.05, 0.1) is 12.1 Å². The lowest BCUT2D eigenvalue weighted by Crippen LogP contribution is -2.32. The van der Waals surface area contributed by atoms with Gasteiger partial charge in [0.15, 0.2) is 0 Å². The molecule has 0 amide bonds. The number of rotatable bonds is 0. The summed E-state index contributed by atoms with van der Waals surface area (Å²) >= 11 is 0. The summed E-state index contributed by atoms with van der Waals surface area (Å²) in [5.41, 5.74) is 2.23. The standard InChI is InChI=1S/C10H13NO/c1-10(2)9-6-4-3-5-8(9)7-11(10)12/h3-6,12H,7H2,1-2H3. The van der Waals surface area contributed by atoms with E-state index in [1.165, 1.54) is 16.2 Å². The van der Waals surface area contributed by atoms with E-state index in [4.69, 9.17) is 0 Å². The van der Waals surface area contributed by atoms with Crippen LogP contribution in [0.5, 0.6) is 0 Å². The van der Waals surface area contributed by atoms with E-state index in [0.29, 0.717) is 6.54 Å². The van der Waals surface area contributed by atoms with Crippen LogP contribution < -0.4 is 0 Å². The molecule has 1 N–H and O–H groups in total. The van der Waals surface area contributed by atoms with Gasteiger partial charge in [0, 0.05) is 0 Å². The molecule has 0 unspecified atom stereocenters. The molecule has 0 saturated carbocycles. The molecule has 2 heteroatoms. The fraction of sp³-hybridized carbons (Fsp3) is 0.400. The Kier molecular flexibility index (Phi) is 1.50. The van der Waals surface area contributed by atoms with E-state index in [1.54, 1.807) is 0 Å². The third-order valence-corrected chi connectivity index (χ3v) is 2.64. The molecule has 0 bridgehead atoms. The van der Waals surface area contributed by atoms with E-state index < -0.39 is 0 Å². The lowest BCUT2D eigenvalue weighted by molar-refractivity contribution is -0.161. The molecule has 0 spiro atoms. The number of benzene rings is 1. The van der Waals surface area contributed by atoms with Crippen molar-refractivity contribution in [2.75, 3.05) is 0 Å². The second-order valence-corrected chi connectivity index (χ2v) is 3.77. The van der Waals surface area contributed by atoms with Crippen LogP contribution in [-0.2, 0) is 12.1 Å². The minimum Gasteiger partial charge on any atom is -0.313 e. The van der Waals surface area contributed by atoms with Gasteiger partial charge in [-0.1, -0.05) is 24.3 Å². The molecule has 12 heavy (non-hydrogen) atoms. The van der Waals surface area contributed by atoms with Crippen LogP contribution in [0.3, 0.4) is 0 Å². The van der Waals surface area contributed by atoms with Crippen LogP contribution in [0.25, 0.3) is 0 Å². The number of hydrogen-bond donors (Lipinski definition) is 1. The summed E-state index contributed by atoms with van der Waals surface area (Å²) in [6.45, 7) is 4.70. The molecule has 0 saturated heterocycles. The van der Waals surface area contributed by atoms with Gasteiger partial charge in [-0.15, -0.1) is 0 Å². The van der Waals surface area contributed by atoms with Gasteiger partial charge in [-0.3, -0.25) is 0 Å². The van der Waals surface area contributed by atoms with Gasteiger partial charge in [0.25, 0.3) is 0 Å². The molecule has 0 aliphatic carbocycles. The van der Waals surface area contributed by atoms with E-state index in [0.717, 1.165) is 0 Å². The summed E-state index contributed by atoms with van der Waals surface area (Å²) in [5, 5.41) is 11.0.